The molecule has 0 radical (unpaired) electrons. The predicted molar refractivity (Wildman–Crippen MR) is 90.0 cm³/mol. The number of carboxylic acids is 1. The number of para-hydroxylation sites is 1. The molecular weight excluding hydrogens is 290 g/mol. The number of fused-ring (bicyclic) bond motifs is 1. The third-order valence-electron chi connectivity index (χ3n) is 3.99. The lowest BCUT2D eigenvalue weighted by Gasteiger charge is -2.06. The van der Waals surface area contributed by atoms with Crippen LogP contribution >= 0.6 is 0 Å². The number of hydrogen-bond donors (Lipinski definition) is 1. The fourth-order valence-corrected chi connectivity index (χ4v) is 2.82. The summed E-state index contributed by atoms with van der Waals surface area (Å²) in [5.74, 6) is 0.0743. The molecule has 0 aliphatic heterocycles. The van der Waals surface area contributed by atoms with Crippen LogP contribution in [0.1, 0.15) is 17.5 Å². The van der Waals surface area contributed by atoms with E-state index in [4.69, 9.17) is 9.84 Å². The summed E-state index contributed by atoms with van der Waals surface area (Å²) in [6, 6.07) is 16.1. The van der Waals surface area contributed by atoms with Gasteiger partial charge in [-0.2, -0.15) is 0 Å². The minimum Gasteiger partial charge on any atom is -0.497 e. The summed E-state index contributed by atoms with van der Waals surface area (Å²) in [5, 5.41) is 10.0. The largest absolute Gasteiger partial charge is 0.497 e. The van der Waals surface area contributed by atoms with Crippen LogP contribution in [0.4, 0.5) is 0 Å². The number of ether oxygens (including phenoxy) is 1. The smallest absolute Gasteiger partial charge is 0.303 e. The second-order valence-corrected chi connectivity index (χ2v) is 5.54. The van der Waals surface area contributed by atoms with E-state index in [0.717, 1.165) is 28.8 Å². The van der Waals surface area contributed by atoms with Crippen molar-refractivity contribution in [2.24, 2.45) is 0 Å². The van der Waals surface area contributed by atoms with Crippen molar-refractivity contribution in [3.63, 3.8) is 0 Å². The number of aliphatic carboxylic acids is 1. The Labute approximate surface area is 134 Å². The van der Waals surface area contributed by atoms with Crippen LogP contribution in [0.5, 0.6) is 5.75 Å². The molecule has 0 bridgehead atoms. The molecule has 2 aromatic carbocycles. The first-order valence-electron chi connectivity index (χ1n) is 7.59. The predicted octanol–water partition coefficient (Wildman–Crippen LogP) is 3.72. The lowest BCUT2D eigenvalue weighted by molar-refractivity contribution is -0.136. The van der Waals surface area contributed by atoms with Crippen molar-refractivity contribution in [2.45, 2.75) is 19.4 Å². The molecule has 1 N–H and O–H groups in total. The number of methoxy groups -OCH3 is 1. The minimum absolute atomic E-state index is 0.149. The maximum absolute atomic E-state index is 10.8. The van der Waals surface area contributed by atoms with E-state index in [2.05, 4.69) is 22.9 Å². The van der Waals surface area contributed by atoms with Gasteiger partial charge >= 0.3 is 5.97 Å². The number of carboxylic acid groups (broad SMARTS) is 1. The van der Waals surface area contributed by atoms with Crippen LogP contribution in [0, 0.1) is 0 Å². The van der Waals surface area contributed by atoms with Crippen molar-refractivity contribution < 1.29 is 14.6 Å². The van der Waals surface area contributed by atoms with Crippen LogP contribution in [0.3, 0.4) is 0 Å². The molecule has 23 heavy (non-hydrogen) atoms. The summed E-state index contributed by atoms with van der Waals surface area (Å²) >= 11 is 0. The Morgan fingerprint density at radius 1 is 1.13 bits per heavy atom. The highest BCUT2D eigenvalue weighted by molar-refractivity contribution is 5.84. The molecule has 0 unspecified atom stereocenters. The molecule has 0 fully saturated rings. The number of aryl methyl sites for hydroxylation is 1. The summed E-state index contributed by atoms with van der Waals surface area (Å²) < 4.78 is 7.36. The Hall–Kier alpha value is -2.75. The van der Waals surface area contributed by atoms with Crippen LogP contribution in [-0.4, -0.2) is 22.8 Å². The van der Waals surface area contributed by atoms with E-state index >= 15 is 0 Å². The van der Waals surface area contributed by atoms with Gasteiger partial charge in [0.1, 0.15) is 5.75 Å². The van der Waals surface area contributed by atoms with Gasteiger partial charge in [-0.15, -0.1) is 0 Å². The highest BCUT2D eigenvalue weighted by atomic mass is 16.5. The Balaban J connectivity index is 1.91. The standard InChI is InChI=1S/C19H19NO3/c1-23-16-9-6-14(7-10-16)12-20-13-15(8-11-19(21)22)17-4-2-3-5-18(17)20/h2-7,9-10,13H,8,11-12H2,1H3,(H,21,22). The topological polar surface area (TPSA) is 51.5 Å². The fourth-order valence-electron chi connectivity index (χ4n) is 2.82. The third-order valence-corrected chi connectivity index (χ3v) is 3.99. The Morgan fingerprint density at radius 3 is 2.57 bits per heavy atom. The molecule has 0 aliphatic rings. The van der Waals surface area contributed by atoms with Crippen molar-refractivity contribution in [3.05, 3.63) is 65.9 Å². The van der Waals surface area contributed by atoms with E-state index in [9.17, 15) is 4.79 Å². The average Bonchev–Trinajstić information content (AvgIpc) is 2.92. The van der Waals surface area contributed by atoms with E-state index < -0.39 is 5.97 Å². The summed E-state index contributed by atoms with van der Waals surface area (Å²) in [4.78, 5) is 10.8. The molecule has 4 nitrogen and oxygen atoms in total. The Bertz CT molecular complexity index is 818. The van der Waals surface area contributed by atoms with Gasteiger partial charge in [0.15, 0.2) is 0 Å². The number of hydrogen-bond acceptors (Lipinski definition) is 2. The van der Waals surface area contributed by atoms with Gasteiger partial charge in [-0.25, -0.2) is 0 Å². The van der Waals surface area contributed by atoms with Crippen molar-refractivity contribution in [1.29, 1.82) is 0 Å². The van der Waals surface area contributed by atoms with E-state index in [1.165, 1.54) is 5.56 Å². The van der Waals surface area contributed by atoms with Crippen molar-refractivity contribution in [3.8, 4) is 5.75 Å². The van der Waals surface area contributed by atoms with Gasteiger partial charge in [0, 0.05) is 30.1 Å². The normalized spacial score (nSPS) is 10.8. The lowest BCUT2D eigenvalue weighted by Crippen LogP contribution is -1.99. The summed E-state index contributed by atoms with van der Waals surface area (Å²) in [5.41, 5.74) is 3.39. The first kappa shape index (κ1) is 15.2. The molecule has 1 aromatic heterocycles. The lowest BCUT2D eigenvalue weighted by atomic mass is 10.1. The summed E-state index contributed by atoms with van der Waals surface area (Å²) in [6.45, 7) is 0.748. The SMILES string of the molecule is COc1ccc(Cn2cc(CCC(=O)O)c3ccccc32)cc1. The molecule has 0 atom stereocenters. The van der Waals surface area contributed by atoms with Crippen molar-refractivity contribution in [1.82, 2.24) is 4.57 Å². The second kappa shape index (κ2) is 6.57. The molecule has 0 saturated carbocycles. The zero-order valence-electron chi connectivity index (χ0n) is 13.0. The summed E-state index contributed by atoms with van der Waals surface area (Å²) in [6.07, 6.45) is 2.76. The van der Waals surface area contributed by atoms with Crippen molar-refractivity contribution in [2.75, 3.05) is 7.11 Å². The quantitative estimate of drug-likeness (QED) is 0.755. The molecule has 118 valence electrons. The monoisotopic (exact) mass is 309 g/mol. The molecule has 3 aromatic rings. The van der Waals surface area contributed by atoms with Gasteiger partial charge in [0.2, 0.25) is 0 Å². The van der Waals surface area contributed by atoms with Crippen LogP contribution < -0.4 is 4.74 Å². The van der Waals surface area contributed by atoms with Crippen LogP contribution in [-0.2, 0) is 17.8 Å². The summed E-state index contributed by atoms with van der Waals surface area (Å²) in [7, 11) is 1.66. The number of benzene rings is 2. The molecule has 0 spiro atoms. The second-order valence-electron chi connectivity index (χ2n) is 5.54. The first-order valence-corrected chi connectivity index (χ1v) is 7.59. The molecule has 0 aliphatic carbocycles. The maximum atomic E-state index is 10.8. The number of aromatic nitrogens is 1. The van der Waals surface area contributed by atoms with Crippen LogP contribution in [0.25, 0.3) is 10.9 Å². The third kappa shape index (κ3) is 3.37. The zero-order valence-corrected chi connectivity index (χ0v) is 13.0. The van der Waals surface area contributed by atoms with E-state index in [0.29, 0.717) is 6.42 Å². The molecule has 1 heterocycles. The Morgan fingerprint density at radius 2 is 1.87 bits per heavy atom. The molecule has 0 saturated heterocycles. The highest BCUT2D eigenvalue weighted by Gasteiger charge is 2.10. The van der Waals surface area contributed by atoms with Gasteiger partial charge in [-0.3, -0.25) is 4.79 Å². The first-order chi connectivity index (χ1) is 11.2. The fraction of sp³-hybridized carbons (Fsp3) is 0.211. The molecular formula is C19H19NO3. The number of rotatable bonds is 6. The van der Waals surface area contributed by atoms with Crippen LogP contribution in [0.15, 0.2) is 54.7 Å². The van der Waals surface area contributed by atoms with Crippen molar-refractivity contribution >= 4 is 16.9 Å². The van der Waals surface area contributed by atoms with E-state index in [1.807, 2.05) is 36.4 Å². The van der Waals surface area contributed by atoms with E-state index in [-0.39, 0.29) is 6.42 Å². The molecule has 0 amide bonds. The number of carbonyl (C=O) groups is 1. The van der Waals surface area contributed by atoms with Gasteiger partial charge in [0.05, 0.1) is 7.11 Å². The van der Waals surface area contributed by atoms with Gasteiger partial charge < -0.3 is 14.4 Å². The minimum atomic E-state index is -0.767. The van der Waals surface area contributed by atoms with Crippen LogP contribution in [0.2, 0.25) is 0 Å². The average molecular weight is 309 g/mol. The number of nitrogens with zero attached hydrogens (tertiary/aromatic N) is 1. The van der Waals surface area contributed by atoms with E-state index in [1.54, 1.807) is 7.11 Å². The molecule has 4 heteroatoms. The Kier molecular flexibility index (Phi) is 4.33. The van der Waals surface area contributed by atoms with Gasteiger partial charge in [0.25, 0.3) is 0 Å². The molecule has 3 rings (SSSR count). The maximum Gasteiger partial charge on any atom is 0.303 e. The van der Waals surface area contributed by atoms with Gasteiger partial charge in [-0.1, -0.05) is 30.3 Å². The highest BCUT2D eigenvalue weighted by Crippen LogP contribution is 2.24. The van der Waals surface area contributed by atoms with Gasteiger partial charge in [-0.05, 0) is 35.7 Å². The zero-order chi connectivity index (χ0) is 16.2.